The smallest absolute Gasteiger partial charge is 0.338 e. The summed E-state index contributed by atoms with van der Waals surface area (Å²) in [5, 5.41) is 12.5. The molecule has 1 aromatic heterocycles. The van der Waals surface area contributed by atoms with Crippen molar-refractivity contribution in [3.63, 3.8) is 0 Å². The fourth-order valence-electron chi connectivity index (χ4n) is 2.86. The first kappa shape index (κ1) is 22.8. The molecule has 7 nitrogen and oxygen atoms in total. The van der Waals surface area contributed by atoms with E-state index in [0.29, 0.717) is 33.8 Å². The lowest BCUT2D eigenvalue weighted by Gasteiger charge is -2.10. The number of halogens is 1. The van der Waals surface area contributed by atoms with Crippen LogP contribution in [0.5, 0.6) is 0 Å². The predicted octanol–water partition coefficient (Wildman–Crippen LogP) is 4.91. The number of amides is 1. The Morgan fingerprint density at radius 2 is 1.94 bits per heavy atom. The van der Waals surface area contributed by atoms with Crippen molar-refractivity contribution in [2.75, 3.05) is 11.1 Å². The van der Waals surface area contributed by atoms with Crippen LogP contribution in [0, 0.1) is 0 Å². The highest BCUT2D eigenvalue weighted by Crippen LogP contribution is 2.29. The number of carbonyl (C=O) groups excluding carboxylic acids is 2. The maximum atomic E-state index is 12.4. The Kier molecular flexibility index (Phi) is 7.70. The summed E-state index contributed by atoms with van der Waals surface area (Å²) in [7, 11) is 0. The monoisotopic (exact) mass is 458 g/mol. The summed E-state index contributed by atoms with van der Waals surface area (Å²) >= 11 is 7.57. The number of nitrogens with zero attached hydrogens (tertiary/aromatic N) is 3. The summed E-state index contributed by atoms with van der Waals surface area (Å²) in [5.74, 6) is 0.154. The van der Waals surface area contributed by atoms with Gasteiger partial charge in [0.1, 0.15) is 0 Å². The van der Waals surface area contributed by atoms with E-state index in [1.807, 2.05) is 29.7 Å². The number of anilines is 1. The van der Waals surface area contributed by atoms with Crippen molar-refractivity contribution in [1.29, 1.82) is 0 Å². The molecular formula is C22H23ClN4O3S. The van der Waals surface area contributed by atoms with E-state index in [1.165, 1.54) is 11.8 Å². The molecule has 0 saturated carbocycles. The molecule has 0 saturated heterocycles. The maximum absolute atomic E-state index is 12.4. The van der Waals surface area contributed by atoms with Gasteiger partial charge in [0.05, 0.1) is 22.4 Å². The van der Waals surface area contributed by atoms with Gasteiger partial charge in [0.25, 0.3) is 0 Å². The Morgan fingerprint density at radius 3 is 2.65 bits per heavy atom. The molecular weight excluding hydrogens is 436 g/mol. The van der Waals surface area contributed by atoms with Crippen molar-refractivity contribution in [2.24, 2.45) is 0 Å². The second-order valence-electron chi connectivity index (χ2n) is 6.90. The minimum Gasteiger partial charge on any atom is -0.459 e. The van der Waals surface area contributed by atoms with E-state index in [1.54, 1.807) is 44.2 Å². The van der Waals surface area contributed by atoms with Crippen molar-refractivity contribution in [1.82, 2.24) is 14.8 Å². The zero-order chi connectivity index (χ0) is 22.4. The lowest BCUT2D eigenvalue weighted by Crippen LogP contribution is -2.16. The predicted molar refractivity (Wildman–Crippen MR) is 122 cm³/mol. The van der Waals surface area contributed by atoms with Crippen LogP contribution in [0.15, 0.2) is 53.7 Å². The number of esters is 1. The minimum atomic E-state index is -0.427. The summed E-state index contributed by atoms with van der Waals surface area (Å²) in [4.78, 5) is 24.5. The van der Waals surface area contributed by atoms with Gasteiger partial charge in [0.2, 0.25) is 5.91 Å². The fraction of sp³-hybridized carbons (Fsp3) is 0.273. The van der Waals surface area contributed by atoms with Crippen molar-refractivity contribution in [2.45, 2.75) is 38.6 Å². The molecule has 3 aromatic rings. The van der Waals surface area contributed by atoms with Gasteiger partial charge in [-0.3, -0.25) is 4.79 Å². The standard InChI is InChI=1S/C22H23ClN4O3S/c1-4-27-20(17-10-5-6-11-18(17)23)25-26-22(27)31-13-19(28)24-16-9-7-8-15(12-16)21(29)30-14(2)3/h5-12,14H,4,13H2,1-3H3,(H,24,28). The number of hydrogen-bond donors (Lipinski definition) is 1. The quantitative estimate of drug-likeness (QED) is 0.381. The maximum Gasteiger partial charge on any atom is 0.338 e. The molecule has 0 atom stereocenters. The average molecular weight is 459 g/mol. The zero-order valence-electron chi connectivity index (χ0n) is 17.5. The first-order valence-corrected chi connectivity index (χ1v) is 11.2. The number of rotatable bonds is 8. The lowest BCUT2D eigenvalue weighted by molar-refractivity contribution is -0.113. The molecule has 31 heavy (non-hydrogen) atoms. The Bertz CT molecular complexity index is 1080. The molecule has 1 N–H and O–H groups in total. The molecule has 162 valence electrons. The van der Waals surface area contributed by atoms with Gasteiger partial charge in [-0.05, 0) is 51.1 Å². The van der Waals surface area contributed by atoms with Crippen LogP contribution in [0.3, 0.4) is 0 Å². The van der Waals surface area contributed by atoms with Gasteiger partial charge in [0.15, 0.2) is 11.0 Å². The Morgan fingerprint density at radius 1 is 1.16 bits per heavy atom. The number of benzene rings is 2. The molecule has 0 bridgehead atoms. The third-order valence-electron chi connectivity index (χ3n) is 4.20. The number of thioether (sulfide) groups is 1. The van der Waals surface area contributed by atoms with Gasteiger partial charge in [-0.25, -0.2) is 4.79 Å². The molecule has 0 radical (unpaired) electrons. The Balaban J connectivity index is 1.66. The number of hydrogen-bond acceptors (Lipinski definition) is 6. The topological polar surface area (TPSA) is 86.1 Å². The van der Waals surface area contributed by atoms with E-state index < -0.39 is 5.97 Å². The molecule has 0 fully saturated rings. The summed E-state index contributed by atoms with van der Waals surface area (Å²) < 4.78 is 7.11. The van der Waals surface area contributed by atoms with E-state index >= 15 is 0 Å². The molecule has 3 rings (SSSR count). The molecule has 1 amide bonds. The summed E-state index contributed by atoms with van der Waals surface area (Å²) in [6.07, 6.45) is -0.214. The molecule has 0 aliphatic rings. The van der Waals surface area contributed by atoms with Crippen LogP contribution in [-0.2, 0) is 16.1 Å². The van der Waals surface area contributed by atoms with Crippen LogP contribution < -0.4 is 5.32 Å². The number of carbonyl (C=O) groups is 2. The molecule has 9 heteroatoms. The minimum absolute atomic E-state index is 0.140. The number of nitrogens with one attached hydrogen (secondary N) is 1. The molecule has 0 aliphatic carbocycles. The van der Waals surface area contributed by atoms with Crippen LogP contribution in [0.25, 0.3) is 11.4 Å². The van der Waals surface area contributed by atoms with Gasteiger partial charge >= 0.3 is 5.97 Å². The largest absolute Gasteiger partial charge is 0.459 e. The van der Waals surface area contributed by atoms with Crippen molar-refractivity contribution in [3.05, 3.63) is 59.1 Å². The molecule has 1 heterocycles. The highest BCUT2D eigenvalue weighted by Gasteiger charge is 2.17. The van der Waals surface area contributed by atoms with E-state index in [9.17, 15) is 9.59 Å². The van der Waals surface area contributed by atoms with Crippen LogP contribution in [0.4, 0.5) is 5.69 Å². The molecule has 0 unspecified atom stereocenters. The van der Waals surface area contributed by atoms with E-state index in [2.05, 4.69) is 15.5 Å². The van der Waals surface area contributed by atoms with Crippen molar-refractivity contribution < 1.29 is 14.3 Å². The second kappa shape index (κ2) is 10.5. The van der Waals surface area contributed by atoms with E-state index in [-0.39, 0.29) is 17.8 Å². The number of ether oxygens (including phenoxy) is 1. The third kappa shape index (κ3) is 5.86. The van der Waals surface area contributed by atoms with Crippen molar-refractivity contribution in [3.8, 4) is 11.4 Å². The summed E-state index contributed by atoms with van der Waals surface area (Å²) in [6.45, 7) is 6.19. The Labute approximate surface area is 190 Å². The molecule has 2 aromatic carbocycles. The van der Waals surface area contributed by atoms with Gasteiger partial charge in [-0.1, -0.05) is 41.6 Å². The Hall–Kier alpha value is -2.84. The second-order valence-corrected chi connectivity index (χ2v) is 8.25. The van der Waals surface area contributed by atoms with Crippen molar-refractivity contribution >= 4 is 40.9 Å². The van der Waals surface area contributed by atoms with Gasteiger partial charge in [-0.15, -0.1) is 10.2 Å². The fourth-order valence-corrected chi connectivity index (χ4v) is 3.88. The normalized spacial score (nSPS) is 10.9. The first-order valence-electron chi connectivity index (χ1n) is 9.80. The highest BCUT2D eigenvalue weighted by atomic mass is 35.5. The SMILES string of the molecule is CCn1c(SCC(=O)Nc2cccc(C(=O)OC(C)C)c2)nnc1-c1ccccc1Cl. The van der Waals surface area contributed by atoms with E-state index in [0.717, 1.165) is 5.56 Å². The molecule has 0 spiro atoms. The number of aromatic nitrogens is 3. The van der Waals surface area contributed by atoms with Gasteiger partial charge in [0, 0.05) is 17.8 Å². The lowest BCUT2D eigenvalue weighted by atomic mass is 10.2. The van der Waals surface area contributed by atoms with Crippen LogP contribution in [-0.4, -0.2) is 38.5 Å². The first-order chi connectivity index (χ1) is 14.9. The highest BCUT2D eigenvalue weighted by molar-refractivity contribution is 7.99. The summed E-state index contributed by atoms with van der Waals surface area (Å²) in [6, 6.07) is 14.1. The van der Waals surface area contributed by atoms with E-state index in [4.69, 9.17) is 16.3 Å². The summed E-state index contributed by atoms with van der Waals surface area (Å²) in [5.41, 5.74) is 1.70. The zero-order valence-corrected chi connectivity index (χ0v) is 19.0. The van der Waals surface area contributed by atoms with Gasteiger partial charge in [-0.2, -0.15) is 0 Å². The van der Waals surface area contributed by atoms with Gasteiger partial charge < -0.3 is 14.6 Å². The molecule has 0 aliphatic heterocycles. The average Bonchev–Trinajstić information content (AvgIpc) is 3.15. The van der Waals surface area contributed by atoms with Crippen LogP contribution >= 0.6 is 23.4 Å². The third-order valence-corrected chi connectivity index (χ3v) is 5.50. The van der Waals surface area contributed by atoms with Crippen LogP contribution in [0.2, 0.25) is 5.02 Å². The van der Waals surface area contributed by atoms with Crippen LogP contribution in [0.1, 0.15) is 31.1 Å².